The van der Waals surface area contributed by atoms with E-state index in [1.54, 1.807) is 11.3 Å². The molecule has 0 aliphatic rings. The topological polar surface area (TPSA) is 44.8 Å². The van der Waals surface area contributed by atoms with Crippen molar-refractivity contribution < 1.29 is 0 Å². The molecule has 0 aliphatic carbocycles. The van der Waals surface area contributed by atoms with Crippen molar-refractivity contribution in [2.24, 2.45) is 0 Å². The Bertz CT molecular complexity index is 983. The van der Waals surface area contributed by atoms with Crippen molar-refractivity contribution in [1.82, 2.24) is 15.0 Å². The van der Waals surface area contributed by atoms with Crippen molar-refractivity contribution in [2.75, 3.05) is 18.0 Å². The van der Waals surface area contributed by atoms with E-state index in [9.17, 15) is 0 Å². The van der Waals surface area contributed by atoms with E-state index in [1.165, 1.54) is 5.56 Å². The molecule has 0 unspecified atom stereocenters. The molecular formula is C20H20N4S. The summed E-state index contributed by atoms with van der Waals surface area (Å²) in [4.78, 5) is 15.0. The Labute approximate surface area is 151 Å². The summed E-state index contributed by atoms with van der Waals surface area (Å²) in [6.07, 6.45) is 3.92. The predicted octanol–water partition coefficient (Wildman–Crippen LogP) is 5.20. The number of fused-ring (bicyclic) bond motifs is 1. The molecule has 4 rings (SSSR count). The van der Waals surface area contributed by atoms with Crippen LogP contribution in [0.25, 0.3) is 33.4 Å². The van der Waals surface area contributed by atoms with Gasteiger partial charge in [0.15, 0.2) is 5.13 Å². The van der Waals surface area contributed by atoms with Crippen molar-refractivity contribution in [3.63, 3.8) is 0 Å². The van der Waals surface area contributed by atoms with Gasteiger partial charge < -0.3 is 9.88 Å². The van der Waals surface area contributed by atoms with Crippen molar-refractivity contribution >= 4 is 27.5 Å². The van der Waals surface area contributed by atoms with Gasteiger partial charge in [-0.1, -0.05) is 30.3 Å². The molecule has 0 aliphatic heterocycles. The minimum absolute atomic E-state index is 0.895. The van der Waals surface area contributed by atoms with E-state index < -0.39 is 0 Å². The van der Waals surface area contributed by atoms with Crippen LogP contribution in [0.15, 0.2) is 54.2 Å². The molecule has 0 radical (unpaired) electrons. The highest BCUT2D eigenvalue weighted by molar-refractivity contribution is 7.14. The number of aromatic nitrogens is 3. The molecule has 1 N–H and O–H groups in total. The minimum Gasteiger partial charge on any atom is -0.349 e. The third kappa shape index (κ3) is 2.91. The van der Waals surface area contributed by atoms with Crippen molar-refractivity contribution in [2.45, 2.75) is 13.8 Å². The summed E-state index contributed by atoms with van der Waals surface area (Å²) in [6.45, 7) is 6.26. The Kier molecular flexibility index (Phi) is 4.24. The lowest BCUT2D eigenvalue weighted by atomic mass is 10.1. The Morgan fingerprint density at radius 1 is 1.08 bits per heavy atom. The Morgan fingerprint density at radius 2 is 1.88 bits per heavy atom. The summed E-state index contributed by atoms with van der Waals surface area (Å²) in [5, 5.41) is 4.31. The summed E-state index contributed by atoms with van der Waals surface area (Å²) in [5.74, 6) is 0. The van der Waals surface area contributed by atoms with Gasteiger partial charge in [-0.25, -0.2) is 9.97 Å². The van der Waals surface area contributed by atoms with Crippen LogP contribution < -0.4 is 4.90 Å². The average Bonchev–Trinajstić information content (AvgIpc) is 3.30. The Balaban J connectivity index is 1.78. The van der Waals surface area contributed by atoms with Crippen LogP contribution in [0.1, 0.15) is 13.8 Å². The first-order valence-corrected chi connectivity index (χ1v) is 9.41. The molecule has 126 valence electrons. The quantitative estimate of drug-likeness (QED) is 0.539. The maximum Gasteiger partial charge on any atom is 0.185 e. The number of rotatable bonds is 5. The molecule has 5 heteroatoms. The van der Waals surface area contributed by atoms with Crippen LogP contribution >= 0.6 is 11.3 Å². The molecule has 0 saturated carbocycles. The predicted molar refractivity (Wildman–Crippen MR) is 106 cm³/mol. The van der Waals surface area contributed by atoms with Crippen LogP contribution in [0.4, 0.5) is 5.13 Å². The van der Waals surface area contributed by atoms with Crippen LogP contribution in [-0.2, 0) is 0 Å². The maximum absolute atomic E-state index is 4.84. The third-order valence-corrected chi connectivity index (χ3v) is 5.34. The summed E-state index contributed by atoms with van der Waals surface area (Å²) >= 11 is 1.69. The Morgan fingerprint density at radius 3 is 2.64 bits per heavy atom. The highest BCUT2D eigenvalue weighted by atomic mass is 32.1. The molecular weight excluding hydrogens is 328 g/mol. The molecule has 0 bridgehead atoms. The second-order valence-electron chi connectivity index (χ2n) is 5.88. The number of pyridine rings is 1. The first kappa shape index (κ1) is 15.8. The molecule has 0 saturated heterocycles. The SMILES string of the molecule is CCN(CC)c1nc(-c2c[nH]c3ncc(-c4ccccc4)cc23)cs1. The molecule has 0 fully saturated rings. The number of thiazole rings is 1. The number of aromatic amines is 1. The summed E-state index contributed by atoms with van der Waals surface area (Å²) in [6, 6.07) is 12.5. The van der Waals surface area contributed by atoms with Crippen LogP contribution in [-0.4, -0.2) is 28.0 Å². The largest absolute Gasteiger partial charge is 0.349 e. The van der Waals surface area contributed by atoms with E-state index >= 15 is 0 Å². The normalized spacial score (nSPS) is 11.1. The number of nitrogens with zero attached hydrogens (tertiary/aromatic N) is 3. The molecule has 3 aromatic heterocycles. The number of anilines is 1. The third-order valence-electron chi connectivity index (χ3n) is 4.44. The van der Waals surface area contributed by atoms with Crippen LogP contribution in [0.2, 0.25) is 0 Å². The molecule has 3 heterocycles. The summed E-state index contributed by atoms with van der Waals surface area (Å²) in [7, 11) is 0. The number of hydrogen-bond donors (Lipinski definition) is 1. The maximum atomic E-state index is 4.84. The van der Waals surface area contributed by atoms with Gasteiger partial charge in [-0.3, -0.25) is 0 Å². The number of H-pyrrole nitrogens is 1. The molecule has 4 aromatic rings. The van der Waals surface area contributed by atoms with Gasteiger partial charge in [0.2, 0.25) is 0 Å². The molecule has 0 spiro atoms. The van der Waals surface area contributed by atoms with Crippen LogP contribution in [0.3, 0.4) is 0 Å². The summed E-state index contributed by atoms with van der Waals surface area (Å²) < 4.78 is 0. The lowest BCUT2D eigenvalue weighted by Gasteiger charge is -2.16. The van der Waals surface area contributed by atoms with Gasteiger partial charge >= 0.3 is 0 Å². The Hall–Kier alpha value is -2.66. The lowest BCUT2D eigenvalue weighted by molar-refractivity contribution is 0.860. The minimum atomic E-state index is 0.895. The number of hydrogen-bond acceptors (Lipinski definition) is 4. The second kappa shape index (κ2) is 6.69. The fraction of sp³-hybridized carbons (Fsp3) is 0.200. The van der Waals surface area contributed by atoms with Gasteiger partial charge in [0, 0.05) is 47.4 Å². The fourth-order valence-electron chi connectivity index (χ4n) is 3.03. The first-order chi connectivity index (χ1) is 12.3. The summed E-state index contributed by atoms with van der Waals surface area (Å²) in [5.41, 5.74) is 5.30. The second-order valence-corrected chi connectivity index (χ2v) is 6.71. The molecule has 0 atom stereocenters. The van der Waals surface area contributed by atoms with Gasteiger partial charge in [-0.2, -0.15) is 0 Å². The van der Waals surface area contributed by atoms with E-state index in [0.29, 0.717) is 0 Å². The van der Waals surface area contributed by atoms with Crippen LogP contribution in [0, 0.1) is 0 Å². The molecule has 0 amide bonds. The van der Waals surface area contributed by atoms with Crippen molar-refractivity contribution in [3.8, 4) is 22.4 Å². The van der Waals surface area contributed by atoms with Gasteiger partial charge in [-0.15, -0.1) is 11.3 Å². The first-order valence-electron chi connectivity index (χ1n) is 8.53. The number of benzene rings is 1. The van der Waals surface area contributed by atoms with Gasteiger partial charge in [0.1, 0.15) is 5.65 Å². The highest BCUT2D eigenvalue weighted by Crippen LogP contribution is 2.33. The molecule has 4 nitrogen and oxygen atoms in total. The van der Waals surface area contributed by atoms with Gasteiger partial charge in [0.25, 0.3) is 0 Å². The highest BCUT2D eigenvalue weighted by Gasteiger charge is 2.14. The van der Waals surface area contributed by atoms with E-state index in [1.807, 2.05) is 30.6 Å². The zero-order chi connectivity index (χ0) is 17.2. The zero-order valence-corrected chi connectivity index (χ0v) is 15.2. The molecule has 1 aromatic carbocycles. The fourth-order valence-corrected chi connectivity index (χ4v) is 3.99. The van der Waals surface area contributed by atoms with E-state index in [0.717, 1.165) is 46.1 Å². The van der Waals surface area contributed by atoms with Crippen molar-refractivity contribution in [3.05, 3.63) is 54.2 Å². The smallest absolute Gasteiger partial charge is 0.185 e. The van der Waals surface area contributed by atoms with E-state index in [-0.39, 0.29) is 0 Å². The number of nitrogens with one attached hydrogen (secondary N) is 1. The van der Waals surface area contributed by atoms with Crippen molar-refractivity contribution in [1.29, 1.82) is 0 Å². The van der Waals surface area contributed by atoms with Gasteiger partial charge in [-0.05, 0) is 25.5 Å². The van der Waals surface area contributed by atoms with E-state index in [2.05, 4.69) is 52.3 Å². The van der Waals surface area contributed by atoms with E-state index in [4.69, 9.17) is 4.98 Å². The lowest BCUT2D eigenvalue weighted by Crippen LogP contribution is -2.21. The van der Waals surface area contributed by atoms with Crippen LogP contribution in [0.5, 0.6) is 0 Å². The van der Waals surface area contributed by atoms with Gasteiger partial charge in [0.05, 0.1) is 5.69 Å². The molecule has 25 heavy (non-hydrogen) atoms. The average molecular weight is 348 g/mol. The standard InChI is InChI=1S/C20H20N4S/c1-3-24(4-2)20-23-18(13-25-20)17-12-22-19-16(17)10-15(11-21-19)14-8-6-5-7-9-14/h5-13H,3-4H2,1-2H3,(H,21,22). The monoisotopic (exact) mass is 348 g/mol. The zero-order valence-electron chi connectivity index (χ0n) is 14.4.